The lowest BCUT2D eigenvalue weighted by Crippen LogP contribution is -2.52. The van der Waals surface area contributed by atoms with Gasteiger partial charge in [0.1, 0.15) is 0 Å². The molecule has 2 heterocycles. The van der Waals surface area contributed by atoms with Gasteiger partial charge in [-0.25, -0.2) is 0 Å². The van der Waals surface area contributed by atoms with Crippen LogP contribution in [0.5, 0.6) is 0 Å². The van der Waals surface area contributed by atoms with E-state index in [1.807, 2.05) is 6.92 Å². The van der Waals surface area contributed by atoms with Gasteiger partial charge in [-0.2, -0.15) is 0 Å². The largest absolute Gasteiger partial charge is 0.390 e. The number of fused-ring (bicyclic) bond motifs is 4. The summed E-state index contributed by atoms with van der Waals surface area (Å²) in [5.74, 6) is 1.25. The smallest absolute Gasteiger partial charge is 0.0699 e. The summed E-state index contributed by atoms with van der Waals surface area (Å²) in [5.41, 5.74) is 2.29. The van der Waals surface area contributed by atoms with Crippen molar-refractivity contribution in [2.75, 3.05) is 0 Å². The third-order valence-corrected chi connectivity index (χ3v) is 6.47. The highest BCUT2D eigenvalue weighted by atomic mass is 16.5. The summed E-state index contributed by atoms with van der Waals surface area (Å²) < 4.78 is 6.55. The van der Waals surface area contributed by atoms with Crippen molar-refractivity contribution in [1.82, 2.24) is 0 Å². The molecule has 0 saturated carbocycles. The molecule has 2 fully saturated rings. The molecule has 2 aliphatic heterocycles. The Hall–Kier alpha value is -0.600. The first-order chi connectivity index (χ1) is 10.2. The van der Waals surface area contributed by atoms with Crippen molar-refractivity contribution >= 4 is 0 Å². The van der Waals surface area contributed by atoms with E-state index in [-0.39, 0.29) is 17.6 Å². The second-order valence-corrected chi connectivity index (χ2v) is 8.70. The van der Waals surface area contributed by atoms with Crippen molar-refractivity contribution in [2.24, 2.45) is 17.3 Å². The predicted octanol–water partition coefficient (Wildman–Crippen LogP) is 4.63. The molecular weight excluding hydrogens is 272 g/mol. The lowest BCUT2D eigenvalue weighted by atomic mass is 9.63. The van der Waals surface area contributed by atoms with Crippen LogP contribution in [0.15, 0.2) is 23.8 Å². The van der Waals surface area contributed by atoms with Gasteiger partial charge in [-0.15, -0.1) is 0 Å². The summed E-state index contributed by atoms with van der Waals surface area (Å²) in [6, 6.07) is 0. The minimum absolute atomic E-state index is 0.0709. The summed E-state index contributed by atoms with van der Waals surface area (Å²) in [5, 5.41) is 10.8. The molecule has 0 aromatic heterocycles. The van der Waals surface area contributed by atoms with Crippen LogP contribution in [0.4, 0.5) is 0 Å². The van der Waals surface area contributed by atoms with Crippen LogP contribution in [-0.4, -0.2) is 22.9 Å². The summed E-state index contributed by atoms with van der Waals surface area (Å²) in [6.45, 7) is 13.3. The van der Waals surface area contributed by atoms with E-state index in [4.69, 9.17) is 4.74 Å². The molecule has 0 aromatic rings. The van der Waals surface area contributed by atoms with Gasteiger partial charge in [0.2, 0.25) is 0 Å². The van der Waals surface area contributed by atoms with Crippen molar-refractivity contribution in [1.29, 1.82) is 0 Å². The maximum absolute atomic E-state index is 10.8. The van der Waals surface area contributed by atoms with Gasteiger partial charge >= 0.3 is 0 Å². The van der Waals surface area contributed by atoms with E-state index in [0.717, 1.165) is 38.5 Å². The molecule has 22 heavy (non-hydrogen) atoms. The predicted molar refractivity (Wildman–Crippen MR) is 90.6 cm³/mol. The molecule has 124 valence electrons. The van der Waals surface area contributed by atoms with E-state index >= 15 is 0 Å². The number of aliphatic hydroxyl groups is 1. The lowest BCUT2D eigenvalue weighted by molar-refractivity contribution is -0.175. The Kier molecular flexibility index (Phi) is 4.06. The first-order valence-electron chi connectivity index (χ1n) is 8.96. The van der Waals surface area contributed by atoms with Crippen molar-refractivity contribution in [2.45, 2.75) is 84.0 Å². The second kappa shape index (κ2) is 5.49. The fourth-order valence-electron chi connectivity index (χ4n) is 5.26. The fourth-order valence-corrected chi connectivity index (χ4v) is 5.26. The molecule has 0 aromatic carbocycles. The molecule has 1 aliphatic carbocycles. The number of allylic oxidation sites excluding steroid dienone is 1. The molecule has 2 heteroatoms. The lowest BCUT2D eigenvalue weighted by Gasteiger charge is -2.49. The molecule has 2 nitrogen and oxygen atoms in total. The first-order valence-corrected chi connectivity index (χ1v) is 8.96. The number of hydrogen-bond acceptors (Lipinski definition) is 2. The molecule has 0 spiro atoms. The van der Waals surface area contributed by atoms with E-state index in [1.54, 1.807) is 5.57 Å². The molecule has 2 unspecified atom stereocenters. The standard InChI is InChI=1S/C20H32O2/c1-13(2)17-9-8-15-7-6-14(3)10-16-11-19(4,21)12-18(22-16)20(15,17)5/h8,13,16-18,21H,3,6-7,9-12H2,1-2,4-5H3/t16-,17?,18-,19?,20+/m0/s1. The first kappa shape index (κ1) is 16.3. The Morgan fingerprint density at radius 2 is 2.00 bits per heavy atom. The average molecular weight is 304 g/mol. The van der Waals surface area contributed by atoms with Crippen molar-refractivity contribution in [3.63, 3.8) is 0 Å². The van der Waals surface area contributed by atoms with Gasteiger partial charge < -0.3 is 9.84 Å². The summed E-state index contributed by atoms with van der Waals surface area (Å²) in [6.07, 6.45) is 8.47. The number of hydrogen-bond donors (Lipinski definition) is 1. The highest BCUT2D eigenvalue weighted by molar-refractivity contribution is 5.27. The van der Waals surface area contributed by atoms with Crippen LogP contribution in [0.3, 0.4) is 0 Å². The van der Waals surface area contributed by atoms with Crippen LogP contribution in [0, 0.1) is 17.3 Å². The Morgan fingerprint density at radius 3 is 2.68 bits per heavy atom. The summed E-state index contributed by atoms with van der Waals surface area (Å²) >= 11 is 0. The van der Waals surface area contributed by atoms with Crippen molar-refractivity contribution in [3.05, 3.63) is 23.8 Å². The fraction of sp³-hybridized carbons (Fsp3) is 0.800. The Morgan fingerprint density at radius 1 is 1.27 bits per heavy atom. The second-order valence-electron chi connectivity index (χ2n) is 8.70. The monoisotopic (exact) mass is 304 g/mol. The van der Waals surface area contributed by atoms with Gasteiger partial charge in [0.15, 0.2) is 0 Å². The third kappa shape index (κ3) is 2.69. The molecule has 3 aliphatic rings. The molecule has 0 amide bonds. The highest BCUT2D eigenvalue weighted by Crippen LogP contribution is 2.56. The van der Waals surface area contributed by atoms with E-state index in [2.05, 4.69) is 33.4 Å². The van der Waals surface area contributed by atoms with Gasteiger partial charge in [-0.3, -0.25) is 0 Å². The number of rotatable bonds is 1. The van der Waals surface area contributed by atoms with Crippen LogP contribution in [-0.2, 0) is 4.74 Å². The summed E-state index contributed by atoms with van der Waals surface area (Å²) in [4.78, 5) is 0. The quantitative estimate of drug-likeness (QED) is 0.715. The van der Waals surface area contributed by atoms with Crippen LogP contribution >= 0.6 is 0 Å². The van der Waals surface area contributed by atoms with Crippen LogP contribution < -0.4 is 0 Å². The van der Waals surface area contributed by atoms with Gasteiger partial charge in [-0.1, -0.05) is 44.6 Å². The van der Waals surface area contributed by atoms with Crippen LogP contribution in [0.2, 0.25) is 0 Å². The van der Waals surface area contributed by atoms with Crippen LogP contribution in [0.1, 0.15) is 66.2 Å². The van der Waals surface area contributed by atoms with E-state index in [0.29, 0.717) is 11.8 Å². The van der Waals surface area contributed by atoms with Crippen LogP contribution in [0.25, 0.3) is 0 Å². The van der Waals surface area contributed by atoms with E-state index in [1.165, 1.54) is 5.57 Å². The average Bonchev–Trinajstić information content (AvgIpc) is 2.73. The SMILES string of the molecule is C=C1CCC2=CCC(C(C)C)[C@]2(C)[C@@H]2CC(C)(O)C[C@H](C1)O2. The summed E-state index contributed by atoms with van der Waals surface area (Å²) in [7, 11) is 0. The van der Waals surface area contributed by atoms with Gasteiger partial charge in [0.05, 0.1) is 17.8 Å². The zero-order chi connectivity index (χ0) is 16.1. The van der Waals surface area contributed by atoms with E-state index in [9.17, 15) is 5.11 Å². The zero-order valence-electron chi connectivity index (χ0n) is 14.7. The Labute approximate surface area is 135 Å². The molecule has 2 saturated heterocycles. The molecule has 2 bridgehead atoms. The Bertz CT molecular complexity index is 488. The van der Waals surface area contributed by atoms with Crippen molar-refractivity contribution in [3.8, 4) is 0 Å². The van der Waals surface area contributed by atoms with E-state index < -0.39 is 5.60 Å². The minimum atomic E-state index is -0.615. The minimum Gasteiger partial charge on any atom is -0.390 e. The molecule has 3 rings (SSSR count). The van der Waals surface area contributed by atoms with Gasteiger partial charge in [0, 0.05) is 18.3 Å². The maximum Gasteiger partial charge on any atom is 0.0699 e. The Balaban J connectivity index is 2.01. The van der Waals surface area contributed by atoms with Gasteiger partial charge in [0.25, 0.3) is 0 Å². The molecule has 5 atom stereocenters. The number of ether oxygens (including phenoxy) is 1. The maximum atomic E-state index is 10.8. The van der Waals surface area contributed by atoms with Gasteiger partial charge in [-0.05, 0) is 44.4 Å². The normalized spacial score (nSPS) is 45.8. The topological polar surface area (TPSA) is 29.5 Å². The molecular formula is C20H32O2. The molecule has 0 radical (unpaired) electrons. The highest BCUT2D eigenvalue weighted by Gasteiger charge is 2.53. The zero-order valence-corrected chi connectivity index (χ0v) is 14.7. The molecule has 1 N–H and O–H groups in total. The third-order valence-electron chi connectivity index (χ3n) is 6.47. The van der Waals surface area contributed by atoms with Crippen molar-refractivity contribution < 1.29 is 9.84 Å².